The molecule has 1 aromatic carbocycles. The summed E-state index contributed by atoms with van der Waals surface area (Å²) in [5.41, 5.74) is 2.97. The standard InChI is InChI=1S/C18H18FN3O/c1-3-21(4-2)18(23)14-7-10-17-20-16(12-22(17)11-14)13-5-8-15(19)9-6-13/h5-12H,3-4H2,1-2H3. The average Bonchev–Trinajstić information content (AvgIpc) is 2.99. The Labute approximate surface area is 134 Å². The Kier molecular flexibility index (Phi) is 4.10. The molecule has 0 unspecified atom stereocenters. The Morgan fingerprint density at radius 2 is 1.78 bits per heavy atom. The van der Waals surface area contributed by atoms with Crippen LogP contribution in [-0.2, 0) is 0 Å². The molecule has 1 amide bonds. The normalized spacial score (nSPS) is 10.9. The molecule has 5 heteroatoms. The van der Waals surface area contributed by atoms with E-state index in [2.05, 4.69) is 4.98 Å². The quantitative estimate of drug-likeness (QED) is 0.738. The van der Waals surface area contributed by atoms with Gasteiger partial charge in [-0.05, 0) is 50.2 Å². The van der Waals surface area contributed by atoms with Gasteiger partial charge in [0.1, 0.15) is 11.5 Å². The van der Waals surface area contributed by atoms with Gasteiger partial charge in [-0.2, -0.15) is 0 Å². The molecule has 0 aliphatic rings. The van der Waals surface area contributed by atoms with Crippen LogP contribution in [0.1, 0.15) is 24.2 Å². The van der Waals surface area contributed by atoms with E-state index in [9.17, 15) is 9.18 Å². The van der Waals surface area contributed by atoms with Gasteiger partial charge >= 0.3 is 0 Å². The lowest BCUT2D eigenvalue weighted by Gasteiger charge is -2.18. The Bertz CT molecular complexity index is 835. The van der Waals surface area contributed by atoms with Crippen molar-refractivity contribution in [2.75, 3.05) is 13.1 Å². The highest BCUT2D eigenvalue weighted by Crippen LogP contribution is 2.20. The van der Waals surface area contributed by atoms with Crippen LogP contribution in [-0.4, -0.2) is 33.3 Å². The molecule has 23 heavy (non-hydrogen) atoms. The number of carbonyl (C=O) groups excluding carboxylic acids is 1. The zero-order valence-corrected chi connectivity index (χ0v) is 13.2. The van der Waals surface area contributed by atoms with E-state index in [1.807, 2.05) is 30.5 Å². The number of carbonyl (C=O) groups is 1. The first-order valence-corrected chi connectivity index (χ1v) is 7.66. The van der Waals surface area contributed by atoms with E-state index in [1.54, 1.807) is 29.3 Å². The number of rotatable bonds is 4. The first-order valence-electron chi connectivity index (χ1n) is 7.66. The smallest absolute Gasteiger partial charge is 0.255 e. The first kappa shape index (κ1) is 15.2. The summed E-state index contributed by atoms with van der Waals surface area (Å²) in [6, 6.07) is 9.82. The minimum Gasteiger partial charge on any atom is -0.339 e. The van der Waals surface area contributed by atoms with Crippen LogP contribution in [0.25, 0.3) is 16.9 Å². The predicted octanol–water partition coefficient (Wildman–Crippen LogP) is 3.62. The van der Waals surface area contributed by atoms with E-state index < -0.39 is 0 Å². The fourth-order valence-corrected chi connectivity index (χ4v) is 2.57. The summed E-state index contributed by atoms with van der Waals surface area (Å²) in [7, 11) is 0. The molecule has 3 aromatic rings. The number of hydrogen-bond acceptors (Lipinski definition) is 2. The number of fused-ring (bicyclic) bond motifs is 1. The van der Waals surface area contributed by atoms with Crippen molar-refractivity contribution >= 4 is 11.6 Å². The molecule has 0 atom stereocenters. The van der Waals surface area contributed by atoms with Crippen LogP contribution in [0.2, 0.25) is 0 Å². The number of amides is 1. The van der Waals surface area contributed by atoms with Crippen molar-refractivity contribution < 1.29 is 9.18 Å². The summed E-state index contributed by atoms with van der Waals surface area (Å²) in [4.78, 5) is 18.7. The highest BCUT2D eigenvalue weighted by atomic mass is 19.1. The Morgan fingerprint density at radius 1 is 1.09 bits per heavy atom. The average molecular weight is 311 g/mol. The molecule has 0 aliphatic carbocycles. The minimum atomic E-state index is -0.274. The second-order valence-corrected chi connectivity index (χ2v) is 5.29. The molecule has 0 fully saturated rings. The van der Waals surface area contributed by atoms with Gasteiger partial charge in [-0.25, -0.2) is 9.37 Å². The van der Waals surface area contributed by atoms with E-state index in [0.29, 0.717) is 18.7 Å². The first-order chi connectivity index (χ1) is 11.1. The van der Waals surface area contributed by atoms with Gasteiger partial charge < -0.3 is 9.30 Å². The number of halogens is 1. The summed E-state index contributed by atoms with van der Waals surface area (Å²) in [6.45, 7) is 5.28. The van der Waals surface area contributed by atoms with Crippen molar-refractivity contribution in [3.8, 4) is 11.3 Å². The van der Waals surface area contributed by atoms with Gasteiger partial charge in [0.2, 0.25) is 0 Å². The van der Waals surface area contributed by atoms with Crippen molar-refractivity contribution in [2.45, 2.75) is 13.8 Å². The van der Waals surface area contributed by atoms with E-state index in [1.165, 1.54) is 12.1 Å². The predicted molar refractivity (Wildman–Crippen MR) is 87.8 cm³/mol. The van der Waals surface area contributed by atoms with Gasteiger partial charge in [-0.1, -0.05) is 0 Å². The molecule has 0 saturated carbocycles. The summed E-state index contributed by atoms with van der Waals surface area (Å²) in [5, 5.41) is 0. The number of benzene rings is 1. The molecule has 2 heterocycles. The van der Waals surface area contributed by atoms with Crippen LogP contribution >= 0.6 is 0 Å². The van der Waals surface area contributed by atoms with Crippen molar-refractivity contribution in [1.29, 1.82) is 0 Å². The molecular formula is C18H18FN3O. The molecule has 0 aliphatic heterocycles. The zero-order valence-electron chi connectivity index (χ0n) is 13.2. The molecule has 0 bridgehead atoms. The SMILES string of the molecule is CCN(CC)C(=O)c1ccc2nc(-c3ccc(F)cc3)cn2c1. The van der Waals surface area contributed by atoms with Crippen LogP contribution in [0.15, 0.2) is 48.8 Å². The summed E-state index contributed by atoms with van der Waals surface area (Å²) in [6.07, 6.45) is 3.64. The lowest BCUT2D eigenvalue weighted by molar-refractivity contribution is 0.0772. The molecular weight excluding hydrogens is 293 g/mol. The third kappa shape index (κ3) is 2.95. The highest BCUT2D eigenvalue weighted by molar-refractivity contribution is 5.94. The van der Waals surface area contributed by atoms with Gasteiger partial charge in [0.05, 0.1) is 11.3 Å². The van der Waals surface area contributed by atoms with Gasteiger partial charge in [-0.15, -0.1) is 0 Å². The number of pyridine rings is 1. The second-order valence-electron chi connectivity index (χ2n) is 5.29. The molecule has 0 spiro atoms. The molecule has 0 radical (unpaired) electrons. The molecule has 0 saturated heterocycles. The fourth-order valence-electron chi connectivity index (χ4n) is 2.57. The number of nitrogens with zero attached hydrogens (tertiary/aromatic N) is 3. The third-order valence-electron chi connectivity index (χ3n) is 3.89. The molecule has 0 N–H and O–H groups in total. The molecule has 2 aromatic heterocycles. The maximum atomic E-state index is 13.0. The highest BCUT2D eigenvalue weighted by Gasteiger charge is 2.13. The molecule has 3 rings (SSSR count). The maximum Gasteiger partial charge on any atom is 0.255 e. The van der Waals surface area contributed by atoms with Crippen molar-refractivity contribution in [3.63, 3.8) is 0 Å². The summed E-state index contributed by atoms with van der Waals surface area (Å²) in [5.74, 6) is -0.265. The lowest BCUT2D eigenvalue weighted by atomic mass is 10.2. The monoisotopic (exact) mass is 311 g/mol. The van der Waals surface area contributed by atoms with Crippen LogP contribution in [0.3, 0.4) is 0 Å². The number of imidazole rings is 1. The van der Waals surface area contributed by atoms with E-state index in [0.717, 1.165) is 16.9 Å². The van der Waals surface area contributed by atoms with Crippen LogP contribution < -0.4 is 0 Å². The van der Waals surface area contributed by atoms with Gasteiger partial charge in [-0.3, -0.25) is 4.79 Å². The Hall–Kier alpha value is -2.69. The van der Waals surface area contributed by atoms with Crippen LogP contribution in [0, 0.1) is 5.82 Å². The molecule has 118 valence electrons. The van der Waals surface area contributed by atoms with Crippen molar-refractivity contribution in [2.24, 2.45) is 0 Å². The summed E-state index contributed by atoms with van der Waals surface area (Å²) < 4.78 is 14.9. The van der Waals surface area contributed by atoms with Gasteiger partial charge in [0, 0.05) is 31.0 Å². The topological polar surface area (TPSA) is 37.6 Å². The largest absolute Gasteiger partial charge is 0.339 e. The molecule has 4 nitrogen and oxygen atoms in total. The van der Waals surface area contributed by atoms with E-state index >= 15 is 0 Å². The summed E-state index contributed by atoms with van der Waals surface area (Å²) >= 11 is 0. The second kappa shape index (κ2) is 6.20. The minimum absolute atomic E-state index is 0.00827. The fraction of sp³-hybridized carbons (Fsp3) is 0.222. The van der Waals surface area contributed by atoms with Gasteiger partial charge in [0.25, 0.3) is 5.91 Å². The van der Waals surface area contributed by atoms with E-state index in [4.69, 9.17) is 0 Å². The Morgan fingerprint density at radius 3 is 2.43 bits per heavy atom. The van der Waals surface area contributed by atoms with Crippen molar-refractivity contribution in [1.82, 2.24) is 14.3 Å². The zero-order chi connectivity index (χ0) is 16.4. The number of aromatic nitrogens is 2. The third-order valence-corrected chi connectivity index (χ3v) is 3.89. The van der Waals surface area contributed by atoms with Crippen LogP contribution in [0.5, 0.6) is 0 Å². The van der Waals surface area contributed by atoms with E-state index in [-0.39, 0.29) is 11.7 Å². The Balaban J connectivity index is 1.98. The van der Waals surface area contributed by atoms with Gasteiger partial charge in [0.15, 0.2) is 0 Å². The lowest BCUT2D eigenvalue weighted by Crippen LogP contribution is -2.30. The van der Waals surface area contributed by atoms with Crippen molar-refractivity contribution in [3.05, 3.63) is 60.2 Å². The van der Waals surface area contributed by atoms with Crippen LogP contribution in [0.4, 0.5) is 4.39 Å². The maximum absolute atomic E-state index is 13.0. The number of hydrogen-bond donors (Lipinski definition) is 0.